The number of thiazole rings is 2. The van der Waals surface area contributed by atoms with Gasteiger partial charge in [0, 0.05) is 75.3 Å². The minimum Gasteiger partial charge on any atom is -0.344 e. The highest BCUT2D eigenvalue weighted by atomic mass is 32.1. The largest absolute Gasteiger partial charge is 0.344 e. The third-order valence-electron chi connectivity index (χ3n) is 9.72. The molecule has 0 aliphatic carbocycles. The van der Waals surface area contributed by atoms with Gasteiger partial charge in [-0.1, -0.05) is 102 Å². The lowest BCUT2D eigenvalue weighted by Gasteiger charge is -2.47. The molecule has 2 saturated heterocycles. The SMILES string of the molecule is CC(C)(C)C1CN(c2nccs2)CCN1C(=O)CCc1ccccc1.CC(C)(C)C1CN(c2nccs2)CCN1C(=O)CCc1ccccc1. The molecule has 50 heavy (non-hydrogen) atoms. The number of anilines is 2. The van der Waals surface area contributed by atoms with Gasteiger partial charge in [-0.05, 0) is 34.8 Å². The predicted octanol–water partition coefficient (Wildman–Crippen LogP) is 7.68. The zero-order chi connectivity index (χ0) is 35.7. The number of aryl methyl sites for hydroxylation is 2. The van der Waals surface area contributed by atoms with Gasteiger partial charge in [0.25, 0.3) is 0 Å². The Morgan fingerprint density at radius 2 is 1.00 bits per heavy atom. The van der Waals surface area contributed by atoms with E-state index in [1.54, 1.807) is 22.7 Å². The second-order valence-electron chi connectivity index (χ2n) is 15.4. The number of aromatic nitrogens is 2. The van der Waals surface area contributed by atoms with Crippen LogP contribution in [-0.2, 0) is 22.4 Å². The van der Waals surface area contributed by atoms with E-state index < -0.39 is 0 Å². The van der Waals surface area contributed by atoms with Crippen LogP contribution < -0.4 is 9.80 Å². The molecule has 8 nitrogen and oxygen atoms in total. The van der Waals surface area contributed by atoms with Gasteiger partial charge in [0.1, 0.15) is 0 Å². The topological polar surface area (TPSA) is 72.9 Å². The van der Waals surface area contributed by atoms with Gasteiger partial charge in [0.15, 0.2) is 10.3 Å². The van der Waals surface area contributed by atoms with Crippen molar-refractivity contribution >= 4 is 44.8 Å². The van der Waals surface area contributed by atoms with Crippen LogP contribution in [0.15, 0.2) is 83.8 Å². The van der Waals surface area contributed by atoms with Crippen LogP contribution in [0.1, 0.15) is 65.5 Å². The van der Waals surface area contributed by atoms with E-state index in [2.05, 4.69) is 95.4 Å². The van der Waals surface area contributed by atoms with Crippen LogP contribution >= 0.6 is 22.7 Å². The van der Waals surface area contributed by atoms with Crippen molar-refractivity contribution in [1.29, 1.82) is 0 Å². The van der Waals surface area contributed by atoms with Crippen LogP contribution in [0.4, 0.5) is 10.3 Å². The van der Waals surface area contributed by atoms with Gasteiger partial charge in [-0.2, -0.15) is 0 Å². The molecule has 2 atom stereocenters. The lowest BCUT2D eigenvalue weighted by atomic mass is 9.84. The molecule has 6 rings (SSSR count). The number of carbonyl (C=O) groups excluding carboxylic acids is 2. The van der Waals surface area contributed by atoms with Crippen molar-refractivity contribution in [2.75, 3.05) is 49.1 Å². The summed E-state index contributed by atoms with van der Waals surface area (Å²) in [5, 5.41) is 6.15. The van der Waals surface area contributed by atoms with E-state index in [9.17, 15) is 9.59 Å². The maximum Gasteiger partial charge on any atom is 0.223 e. The Balaban J connectivity index is 0.000000194. The fourth-order valence-electron chi connectivity index (χ4n) is 6.82. The maximum atomic E-state index is 12.9. The molecule has 0 radical (unpaired) electrons. The van der Waals surface area contributed by atoms with E-state index in [-0.39, 0.29) is 34.7 Å². The predicted molar refractivity (Wildman–Crippen MR) is 208 cm³/mol. The highest BCUT2D eigenvalue weighted by molar-refractivity contribution is 7.13. The molecule has 2 aromatic heterocycles. The molecule has 2 amide bonds. The number of piperazine rings is 2. The standard InChI is InChI=1S/2C20H27N3OS/c2*1-20(2,3)17-15-22(19-21-11-14-25-19)12-13-23(17)18(24)10-9-16-7-5-4-6-8-16/h2*4-8,11,14,17H,9-10,12-13,15H2,1-3H3. The summed E-state index contributed by atoms with van der Waals surface area (Å²) in [5.41, 5.74) is 2.53. The first kappa shape index (κ1) is 37.5. The van der Waals surface area contributed by atoms with E-state index in [1.807, 2.05) is 59.6 Å². The zero-order valence-corrected chi connectivity index (χ0v) is 32.3. The summed E-state index contributed by atoms with van der Waals surface area (Å²) < 4.78 is 0. The third kappa shape index (κ3) is 10.2. The lowest BCUT2D eigenvalue weighted by molar-refractivity contribution is -0.137. The Hall–Kier alpha value is -3.76. The van der Waals surface area contributed by atoms with Crippen LogP contribution in [0, 0.1) is 10.8 Å². The molecule has 2 aliphatic heterocycles. The van der Waals surface area contributed by atoms with Crippen molar-refractivity contribution in [1.82, 2.24) is 19.8 Å². The van der Waals surface area contributed by atoms with Gasteiger partial charge < -0.3 is 19.6 Å². The van der Waals surface area contributed by atoms with Crippen LogP contribution in [0.25, 0.3) is 0 Å². The van der Waals surface area contributed by atoms with Gasteiger partial charge in [-0.3, -0.25) is 9.59 Å². The van der Waals surface area contributed by atoms with E-state index in [0.717, 1.165) is 62.4 Å². The number of hydrogen-bond acceptors (Lipinski definition) is 8. The van der Waals surface area contributed by atoms with Crippen molar-refractivity contribution < 1.29 is 9.59 Å². The van der Waals surface area contributed by atoms with Crippen molar-refractivity contribution in [2.45, 2.75) is 79.3 Å². The number of nitrogens with zero attached hydrogens (tertiary/aromatic N) is 6. The monoisotopic (exact) mass is 714 g/mol. The molecule has 268 valence electrons. The van der Waals surface area contributed by atoms with Crippen molar-refractivity contribution in [3.8, 4) is 0 Å². The number of carbonyl (C=O) groups is 2. The summed E-state index contributed by atoms with van der Waals surface area (Å²) in [5.74, 6) is 0.533. The number of amides is 2. The molecule has 10 heteroatoms. The Morgan fingerprint density at radius 1 is 0.620 bits per heavy atom. The first-order valence-corrected chi connectivity index (χ1v) is 19.6. The van der Waals surface area contributed by atoms with E-state index in [0.29, 0.717) is 12.8 Å². The Morgan fingerprint density at radius 3 is 1.32 bits per heavy atom. The highest BCUT2D eigenvalue weighted by Gasteiger charge is 2.39. The lowest BCUT2D eigenvalue weighted by Crippen LogP contribution is -2.59. The number of rotatable bonds is 8. The Labute approximate surface area is 307 Å². The second-order valence-corrected chi connectivity index (χ2v) is 17.2. The summed E-state index contributed by atoms with van der Waals surface area (Å²) in [6.07, 6.45) is 6.47. The average Bonchev–Trinajstić information content (AvgIpc) is 3.86. The van der Waals surface area contributed by atoms with Gasteiger partial charge in [-0.25, -0.2) is 9.97 Å². The first-order chi connectivity index (χ1) is 23.9. The van der Waals surface area contributed by atoms with Gasteiger partial charge >= 0.3 is 0 Å². The van der Waals surface area contributed by atoms with E-state index >= 15 is 0 Å². The first-order valence-electron chi connectivity index (χ1n) is 17.9. The molecule has 2 aromatic carbocycles. The summed E-state index contributed by atoms with van der Waals surface area (Å²) in [7, 11) is 0. The minimum atomic E-state index is 0.0400. The number of hydrogen-bond donors (Lipinski definition) is 0. The van der Waals surface area contributed by atoms with Crippen molar-refractivity contribution in [3.05, 3.63) is 94.9 Å². The molecular weight excluding hydrogens is 661 g/mol. The van der Waals surface area contributed by atoms with E-state index in [4.69, 9.17) is 0 Å². The minimum absolute atomic E-state index is 0.0400. The molecular formula is C40H54N6O2S2. The van der Waals surface area contributed by atoms with Crippen LogP contribution in [0.2, 0.25) is 0 Å². The van der Waals surface area contributed by atoms with E-state index in [1.165, 1.54) is 11.1 Å². The van der Waals surface area contributed by atoms with Crippen molar-refractivity contribution in [3.63, 3.8) is 0 Å². The third-order valence-corrected chi connectivity index (χ3v) is 11.4. The molecule has 0 bridgehead atoms. The maximum absolute atomic E-state index is 12.9. The normalized spacial score (nSPS) is 18.4. The van der Waals surface area contributed by atoms with Gasteiger partial charge in [-0.15, -0.1) is 22.7 Å². The van der Waals surface area contributed by atoms with Crippen molar-refractivity contribution in [2.24, 2.45) is 10.8 Å². The molecule has 2 unspecified atom stereocenters. The number of benzene rings is 2. The molecule has 4 aromatic rings. The van der Waals surface area contributed by atoms with Gasteiger partial charge in [0.2, 0.25) is 11.8 Å². The Bertz CT molecular complexity index is 1480. The van der Waals surface area contributed by atoms with Crippen LogP contribution in [0.5, 0.6) is 0 Å². The summed E-state index contributed by atoms with van der Waals surface area (Å²) >= 11 is 3.34. The second kappa shape index (κ2) is 17.0. The summed E-state index contributed by atoms with van der Waals surface area (Å²) in [6.45, 7) is 18.3. The fraction of sp³-hybridized carbons (Fsp3) is 0.500. The smallest absolute Gasteiger partial charge is 0.223 e. The quantitative estimate of drug-likeness (QED) is 0.187. The Kier molecular flexibility index (Phi) is 12.7. The highest BCUT2D eigenvalue weighted by Crippen LogP contribution is 2.32. The summed E-state index contributed by atoms with van der Waals surface area (Å²) in [4.78, 5) is 43.6. The average molecular weight is 715 g/mol. The van der Waals surface area contributed by atoms with Gasteiger partial charge in [0.05, 0.1) is 12.1 Å². The molecule has 0 spiro atoms. The summed E-state index contributed by atoms with van der Waals surface area (Å²) in [6, 6.07) is 20.9. The van der Waals surface area contributed by atoms with Crippen LogP contribution in [-0.4, -0.2) is 82.9 Å². The molecule has 4 heterocycles. The molecule has 0 N–H and O–H groups in total. The van der Waals surface area contributed by atoms with Crippen LogP contribution in [0.3, 0.4) is 0 Å². The fourth-order valence-corrected chi connectivity index (χ4v) is 8.18. The molecule has 2 aliphatic rings. The zero-order valence-electron chi connectivity index (χ0n) is 30.6. The molecule has 0 saturated carbocycles. The molecule has 2 fully saturated rings.